The van der Waals surface area contributed by atoms with Crippen molar-refractivity contribution in [1.29, 1.82) is 5.26 Å². The minimum atomic E-state index is -0.0464. The second-order valence-electron chi connectivity index (χ2n) is 11.7. The first-order chi connectivity index (χ1) is 20.6. The Hall–Kier alpha value is -4.05. The average molecular weight is 574 g/mol. The molecule has 210 valence electrons. The molecule has 7 heteroatoms. The van der Waals surface area contributed by atoms with E-state index in [2.05, 4.69) is 26.9 Å². The van der Waals surface area contributed by atoms with Gasteiger partial charge in [-0.05, 0) is 98.3 Å². The third-order valence-corrected chi connectivity index (χ3v) is 9.60. The fourth-order valence-corrected chi connectivity index (χ4v) is 7.19. The van der Waals surface area contributed by atoms with Crippen molar-refractivity contribution >= 4 is 40.4 Å². The molecular formula is C35H32ClN5O. The molecule has 42 heavy (non-hydrogen) atoms. The second kappa shape index (κ2) is 11.0. The van der Waals surface area contributed by atoms with Crippen LogP contribution in [0.5, 0.6) is 0 Å². The largest absolute Gasteiger partial charge is 0.331 e. The Bertz CT molecular complexity index is 1740. The van der Waals surface area contributed by atoms with Gasteiger partial charge in [-0.2, -0.15) is 5.26 Å². The van der Waals surface area contributed by atoms with Gasteiger partial charge in [-0.1, -0.05) is 48.0 Å². The maximum absolute atomic E-state index is 14.5. The number of rotatable bonds is 6. The number of aromatic nitrogens is 1. The van der Waals surface area contributed by atoms with Gasteiger partial charge in [-0.25, -0.2) is 9.98 Å². The van der Waals surface area contributed by atoms with Gasteiger partial charge in [0.05, 0.1) is 28.3 Å². The van der Waals surface area contributed by atoms with Crippen molar-refractivity contribution in [3.05, 3.63) is 94.5 Å². The highest BCUT2D eigenvalue weighted by atomic mass is 35.5. The fraction of sp³-hybridized carbons (Fsp3) is 0.314. The number of aliphatic imine (C=N–C) groups is 1. The lowest BCUT2D eigenvalue weighted by Crippen LogP contribution is -2.43. The summed E-state index contributed by atoms with van der Waals surface area (Å²) in [6.07, 6.45) is 8.08. The molecule has 2 saturated heterocycles. The highest BCUT2D eigenvalue weighted by Crippen LogP contribution is 2.54. The Morgan fingerprint density at radius 2 is 1.81 bits per heavy atom. The van der Waals surface area contributed by atoms with Gasteiger partial charge >= 0.3 is 0 Å². The molecule has 2 aliphatic heterocycles. The number of nitriles is 1. The molecule has 1 aliphatic carbocycles. The Morgan fingerprint density at radius 3 is 2.60 bits per heavy atom. The van der Waals surface area contributed by atoms with Crippen molar-refractivity contribution in [3.63, 3.8) is 0 Å². The summed E-state index contributed by atoms with van der Waals surface area (Å²) in [6.45, 7) is 3.07. The van der Waals surface area contributed by atoms with E-state index in [1.54, 1.807) is 0 Å². The first-order valence-corrected chi connectivity index (χ1v) is 15.2. The van der Waals surface area contributed by atoms with Crippen molar-refractivity contribution < 1.29 is 4.79 Å². The molecule has 1 aromatic heterocycles. The second-order valence-corrected chi connectivity index (χ2v) is 12.1. The van der Waals surface area contributed by atoms with Crippen molar-refractivity contribution in [2.45, 2.75) is 50.1 Å². The number of halogens is 1. The van der Waals surface area contributed by atoms with Crippen LogP contribution in [0.15, 0.2) is 77.8 Å². The standard InChI is InChI=1S/C35H32ClN5O/c36-30-7-2-1-6-26(30)14-16-38-33-21-29(34(42)41-19-5-15-35(41)22-32(35)40-17-3-4-18-40)28-20-27(12-13-31(28)39-33)25-10-8-24(23-37)9-11-25/h1-2,6-13,16,20-21,32H,3-5,14-15,17-19,22H2/t32?,35-/m1/s1. The third-order valence-electron chi connectivity index (χ3n) is 9.23. The van der Waals surface area contributed by atoms with E-state index in [0.29, 0.717) is 34.4 Å². The van der Waals surface area contributed by atoms with Crippen molar-refractivity contribution in [2.24, 2.45) is 4.99 Å². The lowest BCUT2D eigenvalue weighted by molar-refractivity contribution is 0.0690. The Kier molecular flexibility index (Phi) is 7.01. The van der Waals surface area contributed by atoms with Gasteiger partial charge in [0.2, 0.25) is 0 Å². The van der Waals surface area contributed by atoms with Crippen LogP contribution in [0.1, 0.15) is 53.6 Å². The highest BCUT2D eigenvalue weighted by Gasteiger charge is 2.63. The van der Waals surface area contributed by atoms with Crippen molar-refractivity contribution in [2.75, 3.05) is 19.6 Å². The highest BCUT2D eigenvalue weighted by molar-refractivity contribution is 6.31. The number of carbonyl (C=O) groups excluding carboxylic acids is 1. The zero-order valence-corrected chi connectivity index (χ0v) is 24.2. The van der Waals surface area contributed by atoms with Crippen LogP contribution in [0, 0.1) is 11.3 Å². The monoisotopic (exact) mass is 573 g/mol. The SMILES string of the molecule is N#Cc1ccc(-c2ccc3nc(N=CCc4ccccc4Cl)cc(C(=O)N4CCC[C@]45CC5N4CCCC4)c3c2)cc1. The number of fused-ring (bicyclic) bond motifs is 1. The van der Waals surface area contributed by atoms with Crippen LogP contribution < -0.4 is 0 Å². The Balaban J connectivity index is 1.27. The van der Waals surface area contributed by atoms with Crippen molar-refractivity contribution in [3.8, 4) is 17.2 Å². The predicted octanol–water partition coefficient (Wildman–Crippen LogP) is 7.21. The molecule has 3 heterocycles. The molecule has 1 saturated carbocycles. The minimum Gasteiger partial charge on any atom is -0.331 e. The van der Waals surface area contributed by atoms with E-state index in [-0.39, 0.29) is 11.4 Å². The van der Waals surface area contributed by atoms with Crippen molar-refractivity contribution in [1.82, 2.24) is 14.8 Å². The minimum absolute atomic E-state index is 0.0464. The van der Waals surface area contributed by atoms with Crippen LogP contribution in [0.3, 0.4) is 0 Å². The molecule has 7 rings (SSSR count). The molecule has 6 nitrogen and oxygen atoms in total. The van der Waals surface area contributed by atoms with Crippen LogP contribution in [0.25, 0.3) is 22.0 Å². The summed E-state index contributed by atoms with van der Waals surface area (Å²) in [7, 11) is 0. The number of likely N-dealkylation sites (tertiary alicyclic amines) is 2. The number of hydrogen-bond acceptors (Lipinski definition) is 5. The van der Waals surface area contributed by atoms with Gasteiger partial charge in [-0.3, -0.25) is 9.69 Å². The quantitative estimate of drug-likeness (QED) is 0.228. The van der Waals surface area contributed by atoms with E-state index < -0.39 is 0 Å². The molecule has 1 amide bonds. The van der Waals surface area contributed by atoms with Gasteiger partial charge in [0.15, 0.2) is 5.82 Å². The van der Waals surface area contributed by atoms with E-state index in [0.717, 1.165) is 66.5 Å². The van der Waals surface area contributed by atoms with E-state index in [1.807, 2.05) is 72.9 Å². The maximum atomic E-state index is 14.5. The summed E-state index contributed by atoms with van der Waals surface area (Å²) in [5.74, 6) is 0.588. The molecule has 0 bridgehead atoms. The van der Waals surface area contributed by atoms with Gasteiger partial charge in [-0.15, -0.1) is 0 Å². The number of carbonyl (C=O) groups is 1. The van der Waals surface area contributed by atoms with Crippen LogP contribution >= 0.6 is 11.6 Å². The van der Waals surface area contributed by atoms with E-state index in [1.165, 1.54) is 12.8 Å². The Labute approximate surface area is 251 Å². The molecule has 3 fully saturated rings. The van der Waals surface area contributed by atoms with Crippen LogP contribution in [-0.2, 0) is 6.42 Å². The topological polar surface area (TPSA) is 72.6 Å². The summed E-state index contributed by atoms with van der Waals surface area (Å²) in [6, 6.07) is 25.8. The molecule has 1 unspecified atom stereocenters. The summed E-state index contributed by atoms with van der Waals surface area (Å²) in [4.78, 5) is 28.8. The lowest BCUT2D eigenvalue weighted by Gasteiger charge is -2.29. The smallest absolute Gasteiger partial charge is 0.255 e. The zero-order chi connectivity index (χ0) is 28.7. The van der Waals surface area contributed by atoms with Gasteiger partial charge in [0, 0.05) is 35.6 Å². The number of nitrogens with zero attached hydrogens (tertiary/aromatic N) is 5. The van der Waals surface area contributed by atoms with E-state index >= 15 is 0 Å². The molecular weight excluding hydrogens is 542 g/mol. The van der Waals surface area contributed by atoms with Gasteiger partial charge < -0.3 is 4.90 Å². The molecule has 2 atom stereocenters. The van der Waals surface area contributed by atoms with Gasteiger partial charge in [0.25, 0.3) is 5.91 Å². The van der Waals surface area contributed by atoms with E-state index in [4.69, 9.17) is 16.6 Å². The van der Waals surface area contributed by atoms with Crippen LogP contribution in [0.4, 0.5) is 5.82 Å². The normalized spacial score (nSPS) is 21.9. The molecule has 3 aromatic carbocycles. The molecule has 0 radical (unpaired) electrons. The predicted molar refractivity (Wildman–Crippen MR) is 167 cm³/mol. The summed E-state index contributed by atoms with van der Waals surface area (Å²) in [5.41, 5.74) is 4.92. The first-order valence-electron chi connectivity index (χ1n) is 14.8. The summed E-state index contributed by atoms with van der Waals surface area (Å²) < 4.78 is 0. The zero-order valence-electron chi connectivity index (χ0n) is 23.5. The number of pyridine rings is 1. The molecule has 1 spiro atoms. The fourth-order valence-electron chi connectivity index (χ4n) is 6.98. The number of amides is 1. The third kappa shape index (κ3) is 4.87. The van der Waals surface area contributed by atoms with Crippen LogP contribution in [-0.4, -0.2) is 58.1 Å². The summed E-state index contributed by atoms with van der Waals surface area (Å²) >= 11 is 6.35. The number of benzene rings is 3. The lowest BCUT2D eigenvalue weighted by atomic mass is 9.99. The molecule has 0 N–H and O–H groups in total. The maximum Gasteiger partial charge on any atom is 0.255 e. The molecule has 3 aliphatic rings. The number of hydrogen-bond donors (Lipinski definition) is 0. The van der Waals surface area contributed by atoms with Crippen LogP contribution in [0.2, 0.25) is 5.02 Å². The average Bonchev–Trinajstić information content (AvgIpc) is 3.32. The summed E-state index contributed by atoms with van der Waals surface area (Å²) in [5, 5.41) is 10.8. The first kappa shape index (κ1) is 26.8. The van der Waals surface area contributed by atoms with E-state index in [9.17, 15) is 10.1 Å². The molecule has 4 aromatic rings. The van der Waals surface area contributed by atoms with Gasteiger partial charge in [0.1, 0.15) is 0 Å². The Morgan fingerprint density at radius 1 is 1.02 bits per heavy atom.